The molecular weight excluding hydrogens is 189 g/mol. The lowest BCUT2D eigenvalue weighted by atomic mass is 10.1. The summed E-state index contributed by atoms with van der Waals surface area (Å²) in [5.41, 5.74) is 4.64. The summed E-state index contributed by atoms with van der Waals surface area (Å²) in [6.45, 7) is 3.96. The van der Waals surface area contributed by atoms with E-state index in [1.54, 1.807) is 20.8 Å². The zero-order valence-corrected chi connectivity index (χ0v) is 8.67. The lowest BCUT2D eigenvalue weighted by Crippen LogP contribution is -2.36. The predicted octanol–water partition coefficient (Wildman–Crippen LogP) is 0.584. The van der Waals surface area contributed by atoms with Crippen molar-refractivity contribution in [3.8, 4) is 0 Å². The van der Waals surface area contributed by atoms with Crippen molar-refractivity contribution in [3.63, 3.8) is 0 Å². The Morgan fingerprint density at radius 1 is 1.43 bits per heavy atom. The first-order valence-electron chi connectivity index (χ1n) is 4.32. The van der Waals surface area contributed by atoms with E-state index in [1.807, 2.05) is 0 Å². The van der Waals surface area contributed by atoms with Crippen molar-refractivity contribution >= 4 is 11.8 Å². The number of Topliss-reactive ketones (excluding diaryl/α,β-unsaturated/α-hetero) is 1. The molecule has 0 aliphatic carbocycles. The molecule has 0 fully saturated rings. The Morgan fingerprint density at radius 3 is 2.29 bits per heavy atom. The van der Waals surface area contributed by atoms with Crippen LogP contribution >= 0.6 is 0 Å². The number of ether oxygens (including phenoxy) is 1. The van der Waals surface area contributed by atoms with Gasteiger partial charge in [-0.15, -0.1) is 0 Å². The Hall–Kier alpha value is -0.970. The lowest BCUT2D eigenvalue weighted by Gasteiger charge is -2.20. The average molecular weight is 205 g/mol. The summed E-state index contributed by atoms with van der Waals surface area (Å²) >= 11 is 0. The van der Waals surface area contributed by atoms with Crippen LogP contribution in [0.4, 0.5) is 4.39 Å². The van der Waals surface area contributed by atoms with E-state index in [9.17, 15) is 14.0 Å². The highest BCUT2D eigenvalue weighted by atomic mass is 19.1. The van der Waals surface area contributed by atoms with Crippen molar-refractivity contribution in [2.24, 2.45) is 5.73 Å². The summed E-state index contributed by atoms with van der Waals surface area (Å²) in [4.78, 5) is 21.8. The van der Waals surface area contributed by atoms with Crippen molar-refractivity contribution < 1.29 is 18.7 Å². The Labute approximate surface area is 82.6 Å². The van der Waals surface area contributed by atoms with Crippen LogP contribution in [0.15, 0.2) is 0 Å². The van der Waals surface area contributed by atoms with Crippen LogP contribution in [0.2, 0.25) is 0 Å². The first kappa shape index (κ1) is 13.0. The Kier molecular flexibility index (Phi) is 4.70. The van der Waals surface area contributed by atoms with Crippen LogP contribution in [0.5, 0.6) is 0 Å². The van der Waals surface area contributed by atoms with E-state index in [-0.39, 0.29) is 6.42 Å². The van der Waals surface area contributed by atoms with Crippen LogP contribution in [0.3, 0.4) is 0 Å². The Morgan fingerprint density at radius 2 is 1.93 bits per heavy atom. The third-order valence-corrected chi connectivity index (χ3v) is 1.35. The van der Waals surface area contributed by atoms with Gasteiger partial charge in [0.05, 0.1) is 12.5 Å². The van der Waals surface area contributed by atoms with Gasteiger partial charge in [-0.05, 0) is 20.8 Å². The van der Waals surface area contributed by atoms with Crippen LogP contribution in [0.1, 0.15) is 27.2 Å². The topological polar surface area (TPSA) is 69.4 Å². The fourth-order valence-corrected chi connectivity index (χ4v) is 0.776. The molecule has 0 rings (SSSR count). The second-order valence-corrected chi connectivity index (χ2v) is 4.00. The van der Waals surface area contributed by atoms with Crippen LogP contribution in [0, 0.1) is 0 Å². The van der Waals surface area contributed by atoms with Crippen molar-refractivity contribution in [1.29, 1.82) is 0 Å². The number of hydrogen-bond donors (Lipinski definition) is 1. The van der Waals surface area contributed by atoms with Crippen molar-refractivity contribution in [2.45, 2.75) is 38.8 Å². The zero-order chi connectivity index (χ0) is 11.4. The predicted molar refractivity (Wildman–Crippen MR) is 49.4 cm³/mol. The van der Waals surface area contributed by atoms with Gasteiger partial charge < -0.3 is 10.5 Å². The quantitative estimate of drug-likeness (QED) is 0.682. The minimum Gasteiger partial charge on any atom is -0.460 e. The molecule has 0 bridgehead atoms. The largest absolute Gasteiger partial charge is 0.460 e. The van der Waals surface area contributed by atoms with Gasteiger partial charge in [0.2, 0.25) is 0 Å². The number of halogens is 1. The SMILES string of the molecule is CC(C)(C)OC(=O)C[C@H](N)C(=O)CF. The molecule has 1 atom stereocenters. The van der Waals surface area contributed by atoms with Crippen molar-refractivity contribution in [3.05, 3.63) is 0 Å². The molecule has 5 heteroatoms. The number of hydrogen-bond acceptors (Lipinski definition) is 4. The maximum atomic E-state index is 11.8. The molecule has 0 saturated carbocycles. The van der Waals surface area contributed by atoms with Crippen LogP contribution in [-0.2, 0) is 14.3 Å². The molecule has 0 spiro atoms. The first-order chi connectivity index (χ1) is 6.26. The van der Waals surface area contributed by atoms with E-state index in [0.29, 0.717) is 0 Å². The van der Waals surface area contributed by atoms with E-state index < -0.39 is 30.1 Å². The number of alkyl halides is 1. The maximum Gasteiger partial charge on any atom is 0.308 e. The molecule has 0 aliphatic rings. The Balaban J connectivity index is 4.01. The molecule has 0 aliphatic heterocycles. The minimum absolute atomic E-state index is 0.278. The number of carbonyl (C=O) groups is 2. The molecule has 0 radical (unpaired) electrons. The van der Waals surface area contributed by atoms with Gasteiger partial charge >= 0.3 is 5.97 Å². The molecule has 14 heavy (non-hydrogen) atoms. The molecule has 0 heterocycles. The highest BCUT2D eigenvalue weighted by Crippen LogP contribution is 2.09. The van der Waals surface area contributed by atoms with Gasteiger partial charge in [-0.1, -0.05) is 0 Å². The maximum absolute atomic E-state index is 11.8. The standard InChI is InChI=1S/C9H16FNO3/c1-9(2,3)14-8(13)4-6(11)7(12)5-10/h6H,4-5,11H2,1-3H3/t6-/m0/s1. The molecule has 0 aromatic rings. The van der Waals surface area contributed by atoms with Gasteiger partial charge in [-0.2, -0.15) is 0 Å². The van der Waals surface area contributed by atoms with Crippen molar-refractivity contribution in [1.82, 2.24) is 0 Å². The van der Waals surface area contributed by atoms with Gasteiger partial charge in [0.1, 0.15) is 12.3 Å². The monoisotopic (exact) mass is 205 g/mol. The van der Waals surface area contributed by atoms with Crippen LogP contribution < -0.4 is 5.73 Å². The minimum atomic E-state index is -1.15. The molecule has 0 unspecified atom stereocenters. The summed E-state index contributed by atoms with van der Waals surface area (Å²) in [6, 6.07) is -1.10. The fourth-order valence-electron chi connectivity index (χ4n) is 0.776. The molecule has 82 valence electrons. The van der Waals surface area contributed by atoms with E-state index in [1.165, 1.54) is 0 Å². The number of esters is 1. The number of rotatable bonds is 4. The normalized spacial score (nSPS) is 13.5. The number of carbonyl (C=O) groups excluding carboxylic acids is 2. The molecule has 0 amide bonds. The van der Waals surface area contributed by atoms with Gasteiger partial charge in [0, 0.05) is 0 Å². The highest BCUT2D eigenvalue weighted by Gasteiger charge is 2.22. The number of ketones is 1. The Bertz CT molecular complexity index is 223. The molecule has 0 aromatic carbocycles. The van der Waals surface area contributed by atoms with E-state index in [0.717, 1.165) is 0 Å². The molecule has 2 N–H and O–H groups in total. The van der Waals surface area contributed by atoms with E-state index in [2.05, 4.69) is 0 Å². The third kappa shape index (κ3) is 5.64. The summed E-state index contributed by atoms with van der Waals surface area (Å²) in [6.07, 6.45) is -0.278. The van der Waals surface area contributed by atoms with E-state index in [4.69, 9.17) is 10.5 Å². The van der Waals surface area contributed by atoms with Crippen LogP contribution in [0.25, 0.3) is 0 Å². The number of nitrogens with two attached hydrogens (primary N) is 1. The first-order valence-corrected chi connectivity index (χ1v) is 4.32. The summed E-state index contributed by atoms with van der Waals surface area (Å²) in [5, 5.41) is 0. The van der Waals surface area contributed by atoms with Gasteiger partial charge in [-0.25, -0.2) is 4.39 Å². The average Bonchev–Trinajstić information content (AvgIpc) is 1.99. The van der Waals surface area contributed by atoms with Gasteiger partial charge in [-0.3, -0.25) is 9.59 Å². The second kappa shape index (κ2) is 5.05. The zero-order valence-electron chi connectivity index (χ0n) is 8.67. The highest BCUT2D eigenvalue weighted by molar-refractivity contribution is 5.88. The van der Waals surface area contributed by atoms with Gasteiger partial charge in [0.25, 0.3) is 0 Å². The second-order valence-electron chi connectivity index (χ2n) is 4.00. The van der Waals surface area contributed by atoms with Crippen LogP contribution in [-0.4, -0.2) is 30.1 Å². The van der Waals surface area contributed by atoms with Gasteiger partial charge in [0.15, 0.2) is 5.78 Å². The van der Waals surface area contributed by atoms with E-state index >= 15 is 0 Å². The molecular formula is C9H16FNO3. The lowest BCUT2D eigenvalue weighted by molar-refractivity contribution is -0.156. The third-order valence-electron chi connectivity index (χ3n) is 1.35. The molecule has 0 aromatic heterocycles. The smallest absolute Gasteiger partial charge is 0.308 e. The molecule has 0 saturated heterocycles. The summed E-state index contributed by atoms with van der Waals surface area (Å²) < 4.78 is 16.8. The fraction of sp³-hybridized carbons (Fsp3) is 0.778. The summed E-state index contributed by atoms with van der Waals surface area (Å²) in [7, 11) is 0. The summed E-state index contributed by atoms with van der Waals surface area (Å²) in [5.74, 6) is -1.37. The van der Waals surface area contributed by atoms with Crippen molar-refractivity contribution in [2.75, 3.05) is 6.67 Å². The molecule has 4 nitrogen and oxygen atoms in total.